The number of nitrogens with zero attached hydrogens (tertiary/aromatic N) is 1. The third-order valence-electron chi connectivity index (χ3n) is 5.18. The Morgan fingerprint density at radius 3 is 2.61 bits per heavy atom. The molecule has 0 aliphatic carbocycles. The summed E-state index contributed by atoms with van der Waals surface area (Å²) in [5.41, 5.74) is 2.13. The van der Waals surface area contributed by atoms with Crippen LogP contribution in [-0.2, 0) is 0 Å². The van der Waals surface area contributed by atoms with Gasteiger partial charge in [0.1, 0.15) is 0 Å². The molecule has 28 heavy (non-hydrogen) atoms. The van der Waals surface area contributed by atoms with E-state index in [-0.39, 0.29) is 30.0 Å². The Hall–Kier alpha value is -2.31. The SMILES string of the molecule is CNCCC1CCN(C(=O)c2ccc(C)c(NC(=O)c3ccco3)c2)CC1.Cl. The first kappa shape index (κ1) is 22.0. The summed E-state index contributed by atoms with van der Waals surface area (Å²) in [5.74, 6) is 0.631. The van der Waals surface area contributed by atoms with Gasteiger partial charge in [-0.3, -0.25) is 9.59 Å². The summed E-state index contributed by atoms with van der Waals surface area (Å²) in [7, 11) is 1.97. The highest BCUT2D eigenvalue weighted by atomic mass is 35.5. The molecule has 0 radical (unpaired) electrons. The molecule has 3 rings (SSSR count). The zero-order valence-electron chi connectivity index (χ0n) is 16.4. The predicted octanol–water partition coefficient (Wildman–Crippen LogP) is 3.72. The molecule has 1 aliphatic rings. The van der Waals surface area contributed by atoms with Gasteiger partial charge in [-0.25, -0.2) is 0 Å². The predicted molar refractivity (Wildman–Crippen MR) is 112 cm³/mol. The standard InChI is InChI=1S/C21H27N3O3.ClH/c1-15-5-6-17(14-18(15)23-20(25)19-4-3-13-27-19)21(26)24-11-8-16(9-12-24)7-10-22-2;/h3-6,13-14,16,22H,7-12H2,1-2H3,(H,23,25);1H. The van der Waals surface area contributed by atoms with E-state index in [9.17, 15) is 9.59 Å². The number of piperidine rings is 1. The van der Waals surface area contributed by atoms with Crippen LogP contribution in [0.15, 0.2) is 41.0 Å². The number of carbonyl (C=O) groups is 2. The molecule has 0 atom stereocenters. The van der Waals surface area contributed by atoms with Crippen LogP contribution in [0, 0.1) is 12.8 Å². The number of rotatable bonds is 6. The van der Waals surface area contributed by atoms with Crippen LogP contribution in [0.4, 0.5) is 5.69 Å². The lowest BCUT2D eigenvalue weighted by atomic mass is 9.93. The molecule has 2 aromatic rings. The summed E-state index contributed by atoms with van der Waals surface area (Å²) in [4.78, 5) is 27.0. The van der Waals surface area contributed by atoms with Crippen LogP contribution in [0.2, 0.25) is 0 Å². The number of hydrogen-bond acceptors (Lipinski definition) is 4. The third kappa shape index (κ3) is 5.36. The highest BCUT2D eigenvalue weighted by Gasteiger charge is 2.24. The molecule has 0 bridgehead atoms. The van der Waals surface area contributed by atoms with E-state index in [0.29, 0.717) is 17.2 Å². The van der Waals surface area contributed by atoms with Gasteiger partial charge in [0.05, 0.1) is 6.26 Å². The van der Waals surface area contributed by atoms with Crippen molar-refractivity contribution >= 4 is 29.9 Å². The molecule has 0 saturated carbocycles. The highest BCUT2D eigenvalue weighted by Crippen LogP contribution is 2.24. The molecule has 1 aromatic carbocycles. The number of halogens is 1. The fourth-order valence-corrected chi connectivity index (χ4v) is 3.44. The molecule has 0 unspecified atom stereocenters. The van der Waals surface area contributed by atoms with Crippen molar-refractivity contribution in [3.8, 4) is 0 Å². The van der Waals surface area contributed by atoms with Crippen LogP contribution < -0.4 is 10.6 Å². The highest BCUT2D eigenvalue weighted by molar-refractivity contribution is 6.03. The maximum atomic E-state index is 12.9. The molecule has 2 amide bonds. The summed E-state index contributed by atoms with van der Waals surface area (Å²) in [5, 5.41) is 6.02. The summed E-state index contributed by atoms with van der Waals surface area (Å²) in [6.07, 6.45) is 4.71. The Balaban J connectivity index is 0.00000280. The van der Waals surface area contributed by atoms with E-state index in [2.05, 4.69) is 10.6 Å². The van der Waals surface area contributed by atoms with Crippen molar-refractivity contribution in [1.82, 2.24) is 10.2 Å². The van der Waals surface area contributed by atoms with Crippen molar-refractivity contribution in [2.75, 3.05) is 32.0 Å². The third-order valence-corrected chi connectivity index (χ3v) is 5.18. The first-order valence-electron chi connectivity index (χ1n) is 9.48. The molecule has 6 nitrogen and oxygen atoms in total. The molecule has 7 heteroatoms. The molecule has 2 N–H and O–H groups in total. The van der Waals surface area contributed by atoms with E-state index in [0.717, 1.165) is 44.5 Å². The van der Waals surface area contributed by atoms with Crippen LogP contribution in [0.3, 0.4) is 0 Å². The van der Waals surface area contributed by atoms with Gasteiger partial charge < -0.3 is 20.0 Å². The lowest BCUT2D eigenvalue weighted by Gasteiger charge is -2.32. The number of benzene rings is 1. The lowest BCUT2D eigenvalue weighted by Crippen LogP contribution is -2.39. The minimum absolute atomic E-state index is 0. The normalized spacial score (nSPS) is 14.4. The van der Waals surface area contributed by atoms with Gasteiger partial charge in [0, 0.05) is 24.3 Å². The van der Waals surface area contributed by atoms with Gasteiger partial charge in [-0.2, -0.15) is 0 Å². The van der Waals surface area contributed by atoms with Crippen LogP contribution in [0.25, 0.3) is 0 Å². The molecular weight excluding hydrogens is 378 g/mol. The smallest absolute Gasteiger partial charge is 0.291 e. The first-order chi connectivity index (χ1) is 13.1. The first-order valence-corrected chi connectivity index (χ1v) is 9.48. The molecular formula is C21H28ClN3O3. The molecule has 1 aromatic heterocycles. The van der Waals surface area contributed by atoms with Gasteiger partial charge in [0.25, 0.3) is 11.8 Å². The van der Waals surface area contributed by atoms with Crippen molar-refractivity contribution in [2.24, 2.45) is 5.92 Å². The van der Waals surface area contributed by atoms with Crippen LogP contribution in [0.5, 0.6) is 0 Å². The van der Waals surface area contributed by atoms with Gasteiger partial charge in [0.2, 0.25) is 0 Å². The van der Waals surface area contributed by atoms with Crippen molar-refractivity contribution in [3.05, 3.63) is 53.5 Å². The van der Waals surface area contributed by atoms with Gasteiger partial charge in [0.15, 0.2) is 5.76 Å². The average Bonchev–Trinajstić information content (AvgIpc) is 3.23. The zero-order valence-corrected chi connectivity index (χ0v) is 17.2. The Morgan fingerprint density at radius 1 is 1.21 bits per heavy atom. The zero-order chi connectivity index (χ0) is 19.2. The molecule has 1 saturated heterocycles. The number of furan rings is 1. The summed E-state index contributed by atoms with van der Waals surface area (Å²) < 4.78 is 5.13. The molecule has 152 valence electrons. The Morgan fingerprint density at radius 2 is 1.96 bits per heavy atom. The van der Waals surface area contributed by atoms with E-state index in [4.69, 9.17) is 4.42 Å². The van der Waals surface area contributed by atoms with Gasteiger partial charge in [-0.1, -0.05) is 6.07 Å². The van der Waals surface area contributed by atoms with Gasteiger partial charge in [-0.05, 0) is 75.5 Å². The van der Waals surface area contributed by atoms with Crippen molar-refractivity contribution < 1.29 is 14.0 Å². The second-order valence-electron chi connectivity index (χ2n) is 7.09. The van der Waals surface area contributed by atoms with Crippen molar-refractivity contribution in [3.63, 3.8) is 0 Å². The van der Waals surface area contributed by atoms with E-state index >= 15 is 0 Å². The quantitative estimate of drug-likeness (QED) is 0.768. The number of nitrogens with one attached hydrogen (secondary N) is 2. The van der Waals surface area contributed by atoms with E-state index < -0.39 is 0 Å². The Bertz CT molecular complexity index is 784. The topological polar surface area (TPSA) is 74.6 Å². The van der Waals surface area contributed by atoms with Gasteiger partial charge >= 0.3 is 0 Å². The molecule has 2 heterocycles. The molecule has 1 aliphatic heterocycles. The second kappa shape index (κ2) is 10.3. The van der Waals surface area contributed by atoms with E-state index in [1.165, 1.54) is 6.26 Å². The number of anilines is 1. The van der Waals surface area contributed by atoms with Crippen molar-refractivity contribution in [2.45, 2.75) is 26.2 Å². The molecule has 1 fully saturated rings. The van der Waals surface area contributed by atoms with E-state index in [1.54, 1.807) is 18.2 Å². The number of aryl methyl sites for hydroxylation is 1. The second-order valence-corrected chi connectivity index (χ2v) is 7.09. The van der Waals surface area contributed by atoms with E-state index in [1.807, 2.05) is 31.0 Å². The summed E-state index contributed by atoms with van der Waals surface area (Å²) in [6, 6.07) is 8.73. The minimum atomic E-state index is -0.321. The number of likely N-dealkylation sites (tertiary alicyclic amines) is 1. The van der Waals surface area contributed by atoms with Crippen molar-refractivity contribution in [1.29, 1.82) is 0 Å². The fourth-order valence-electron chi connectivity index (χ4n) is 3.44. The van der Waals surface area contributed by atoms with Gasteiger partial charge in [-0.15, -0.1) is 12.4 Å². The molecule has 0 spiro atoms. The summed E-state index contributed by atoms with van der Waals surface area (Å²) in [6.45, 7) is 4.50. The lowest BCUT2D eigenvalue weighted by molar-refractivity contribution is 0.0687. The van der Waals surface area contributed by atoms with Crippen LogP contribution in [0.1, 0.15) is 45.7 Å². The largest absolute Gasteiger partial charge is 0.459 e. The fraction of sp³-hybridized carbons (Fsp3) is 0.429. The number of hydrogen-bond donors (Lipinski definition) is 2. The Kier molecular flexibility index (Phi) is 8.08. The Labute approximate surface area is 172 Å². The minimum Gasteiger partial charge on any atom is -0.459 e. The van der Waals surface area contributed by atoms with Crippen LogP contribution in [-0.4, -0.2) is 43.4 Å². The maximum absolute atomic E-state index is 12.9. The summed E-state index contributed by atoms with van der Waals surface area (Å²) >= 11 is 0. The monoisotopic (exact) mass is 405 g/mol. The average molecular weight is 406 g/mol. The number of carbonyl (C=O) groups excluding carboxylic acids is 2. The maximum Gasteiger partial charge on any atom is 0.291 e. The number of amides is 2. The van der Waals surface area contributed by atoms with Crippen LogP contribution >= 0.6 is 12.4 Å².